The van der Waals surface area contributed by atoms with E-state index >= 15 is 0 Å². The van der Waals surface area contributed by atoms with Gasteiger partial charge in [-0.15, -0.1) is 0 Å². The molecule has 0 aliphatic rings. The smallest absolute Gasteiger partial charge is 0.251 e. The molecule has 0 bridgehead atoms. The maximum Gasteiger partial charge on any atom is 0.251 e. The fourth-order valence-electron chi connectivity index (χ4n) is 1.81. The Kier molecular flexibility index (Phi) is 8.69. The van der Waals surface area contributed by atoms with E-state index in [-0.39, 0.29) is 5.91 Å². The minimum absolute atomic E-state index is 0.0535. The highest BCUT2D eigenvalue weighted by Gasteiger charge is 2.08. The Morgan fingerprint density at radius 2 is 1.91 bits per heavy atom. The van der Waals surface area contributed by atoms with Gasteiger partial charge in [0.1, 0.15) is 0 Å². The third-order valence-corrected chi connectivity index (χ3v) is 4.10. The normalized spacial score (nSPS) is 12.9. The zero-order valence-corrected chi connectivity index (χ0v) is 15.9. The van der Waals surface area contributed by atoms with Crippen LogP contribution in [0.15, 0.2) is 33.7 Å². The minimum Gasteiger partial charge on any atom is -0.356 e. The number of hydrogen-bond donors (Lipinski definition) is 3. The van der Waals surface area contributed by atoms with E-state index in [1.807, 2.05) is 18.2 Å². The van der Waals surface area contributed by atoms with Crippen LogP contribution in [0.1, 0.15) is 37.6 Å². The molecular formula is C17H27BrN4O. The van der Waals surface area contributed by atoms with Crippen LogP contribution in [0, 0.1) is 5.92 Å². The average molecular weight is 383 g/mol. The summed E-state index contributed by atoms with van der Waals surface area (Å²) in [6, 6.07) is 7.73. The Hall–Kier alpha value is -1.56. The Bertz CT molecular complexity index is 531. The lowest BCUT2D eigenvalue weighted by molar-refractivity contribution is 0.0953. The van der Waals surface area contributed by atoms with Gasteiger partial charge in [0.2, 0.25) is 0 Å². The summed E-state index contributed by atoms with van der Waals surface area (Å²) in [5.74, 6) is 1.28. The molecule has 1 unspecified atom stereocenters. The fraction of sp³-hybridized carbons (Fsp3) is 0.529. The van der Waals surface area contributed by atoms with Gasteiger partial charge in [0.15, 0.2) is 5.96 Å². The van der Waals surface area contributed by atoms with Crippen LogP contribution in [-0.4, -0.2) is 38.0 Å². The molecule has 5 nitrogen and oxygen atoms in total. The number of nitrogens with zero attached hydrogens (tertiary/aromatic N) is 1. The molecule has 1 aromatic carbocycles. The summed E-state index contributed by atoms with van der Waals surface area (Å²) in [4.78, 5) is 16.2. The number of carbonyl (C=O) groups is 1. The molecular weight excluding hydrogens is 356 g/mol. The second-order valence-corrected chi connectivity index (χ2v) is 6.71. The first-order chi connectivity index (χ1) is 10.9. The van der Waals surface area contributed by atoms with Crippen molar-refractivity contribution in [2.75, 3.05) is 20.1 Å². The number of hydrogen-bond acceptors (Lipinski definition) is 2. The Morgan fingerprint density at radius 3 is 2.52 bits per heavy atom. The topological polar surface area (TPSA) is 65.5 Å². The van der Waals surface area contributed by atoms with Gasteiger partial charge in [-0.3, -0.25) is 9.79 Å². The number of rotatable bonds is 7. The summed E-state index contributed by atoms with van der Waals surface area (Å²) in [5, 5.41) is 9.52. The quantitative estimate of drug-likeness (QED) is 0.385. The number of carbonyl (C=O) groups excluding carboxylic acids is 1. The van der Waals surface area contributed by atoms with Gasteiger partial charge in [0, 0.05) is 36.2 Å². The molecule has 1 atom stereocenters. The van der Waals surface area contributed by atoms with E-state index in [1.54, 1.807) is 13.1 Å². The average Bonchev–Trinajstić information content (AvgIpc) is 2.52. The maximum atomic E-state index is 12.0. The molecule has 0 aliphatic heterocycles. The SMILES string of the molecule is CN=C(NCCCNC(=O)c1cccc(Br)c1)NC(C)C(C)C. The minimum atomic E-state index is -0.0535. The lowest BCUT2D eigenvalue weighted by atomic mass is 10.1. The van der Waals surface area contributed by atoms with Crippen molar-refractivity contribution in [1.29, 1.82) is 0 Å². The molecule has 0 aromatic heterocycles. The van der Waals surface area contributed by atoms with Gasteiger partial charge in [-0.25, -0.2) is 0 Å². The predicted octanol–water partition coefficient (Wildman–Crippen LogP) is 2.78. The van der Waals surface area contributed by atoms with E-state index in [0.29, 0.717) is 24.1 Å². The summed E-state index contributed by atoms with van der Waals surface area (Å²) in [7, 11) is 1.76. The van der Waals surface area contributed by atoms with Crippen LogP contribution in [0.2, 0.25) is 0 Å². The van der Waals surface area contributed by atoms with Crippen molar-refractivity contribution in [3.63, 3.8) is 0 Å². The Balaban J connectivity index is 2.25. The molecule has 1 amide bonds. The molecule has 0 spiro atoms. The van der Waals surface area contributed by atoms with E-state index in [2.05, 4.69) is 57.6 Å². The molecule has 1 aromatic rings. The highest BCUT2D eigenvalue weighted by atomic mass is 79.9. The summed E-state index contributed by atoms with van der Waals surface area (Å²) in [6.45, 7) is 7.85. The van der Waals surface area contributed by atoms with Crippen LogP contribution in [0.25, 0.3) is 0 Å². The second-order valence-electron chi connectivity index (χ2n) is 5.80. The van der Waals surface area contributed by atoms with Crippen molar-refractivity contribution in [1.82, 2.24) is 16.0 Å². The number of amides is 1. The summed E-state index contributed by atoms with van der Waals surface area (Å²) < 4.78 is 0.904. The lowest BCUT2D eigenvalue weighted by Crippen LogP contribution is -2.44. The number of benzene rings is 1. The van der Waals surface area contributed by atoms with Crippen molar-refractivity contribution in [2.45, 2.75) is 33.2 Å². The number of nitrogens with one attached hydrogen (secondary N) is 3. The molecule has 6 heteroatoms. The Morgan fingerprint density at radius 1 is 1.22 bits per heavy atom. The van der Waals surface area contributed by atoms with Gasteiger partial charge >= 0.3 is 0 Å². The van der Waals surface area contributed by atoms with Crippen LogP contribution in [0.3, 0.4) is 0 Å². The van der Waals surface area contributed by atoms with Crippen LogP contribution in [0.5, 0.6) is 0 Å². The number of aliphatic imine (C=N–C) groups is 1. The first-order valence-corrected chi connectivity index (χ1v) is 8.74. The van der Waals surface area contributed by atoms with Crippen molar-refractivity contribution in [3.8, 4) is 0 Å². The molecule has 3 N–H and O–H groups in total. The number of halogens is 1. The van der Waals surface area contributed by atoms with Crippen molar-refractivity contribution in [3.05, 3.63) is 34.3 Å². The molecule has 0 heterocycles. The monoisotopic (exact) mass is 382 g/mol. The third kappa shape index (κ3) is 7.50. The maximum absolute atomic E-state index is 12.0. The van der Waals surface area contributed by atoms with Crippen molar-refractivity contribution >= 4 is 27.8 Å². The zero-order chi connectivity index (χ0) is 17.2. The summed E-state index contributed by atoms with van der Waals surface area (Å²) in [5.41, 5.74) is 0.663. The highest BCUT2D eigenvalue weighted by molar-refractivity contribution is 9.10. The van der Waals surface area contributed by atoms with Gasteiger partial charge in [-0.05, 0) is 37.5 Å². The van der Waals surface area contributed by atoms with E-state index in [1.165, 1.54) is 0 Å². The summed E-state index contributed by atoms with van der Waals surface area (Å²) in [6.07, 6.45) is 0.830. The molecule has 1 rings (SSSR count). The van der Waals surface area contributed by atoms with Crippen molar-refractivity contribution in [2.24, 2.45) is 10.9 Å². The van der Waals surface area contributed by atoms with Crippen LogP contribution < -0.4 is 16.0 Å². The Labute approximate surface area is 147 Å². The molecule has 0 saturated carbocycles. The largest absolute Gasteiger partial charge is 0.356 e. The van der Waals surface area contributed by atoms with Crippen LogP contribution in [-0.2, 0) is 0 Å². The van der Waals surface area contributed by atoms with Gasteiger partial charge in [-0.1, -0.05) is 35.8 Å². The standard InChI is InChI=1S/C17H27BrN4O/c1-12(2)13(3)22-17(19-4)21-10-6-9-20-16(23)14-7-5-8-15(18)11-14/h5,7-8,11-13H,6,9-10H2,1-4H3,(H,20,23)(H2,19,21,22). The summed E-state index contributed by atoms with van der Waals surface area (Å²) >= 11 is 3.37. The van der Waals surface area contributed by atoms with Gasteiger partial charge < -0.3 is 16.0 Å². The van der Waals surface area contributed by atoms with E-state index in [9.17, 15) is 4.79 Å². The second kappa shape index (κ2) is 10.3. The van der Waals surface area contributed by atoms with Gasteiger partial charge in [0.25, 0.3) is 5.91 Å². The van der Waals surface area contributed by atoms with E-state index in [4.69, 9.17) is 0 Å². The van der Waals surface area contributed by atoms with Crippen LogP contribution >= 0.6 is 15.9 Å². The predicted molar refractivity (Wildman–Crippen MR) is 99.9 cm³/mol. The molecule has 0 saturated heterocycles. The van der Waals surface area contributed by atoms with Gasteiger partial charge in [-0.2, -0.15) is 0 Å². The van der Waals surface area contributed by atoms with Gasteiger partial charge in [0.05, 0.1) is 0 Å². The number of guanidine groups is 1. The molecule has 0 aliphatic carbocycles. The lowest BCUT2D eigenvalue weighted by Gasteiger charge is -2.20. The first kappa shape index (κ1) is 19.5. The van der Waals surface area contributed by atoms with E-state index < -0.39 is 0 Å². The zero-order valence-electron chi connectivity index (χ0n) is 14.3. The fourth-order valence-corrected chi connectivity index (χ4v) is 2.21. The molecule has 0 radical (unpaired) electrons. The van der Waals surface area contributed by atoms with Crippen LogP contribution in [0.4, 0.5) is 0 Å². The molecule has 0 fully saturated rings. The third-order valence-electron chi connectivity index (χ3n) is 3.61. The highest BCUT2D eigenvalue weighted by Crippen LogP contribution is 2.11. The molecule has 23 heavy (non-hydrogen) atoms. The van der Waals surface area contributed by atoms with Crippen molar-refractivity contribution < 1.29 is 4.79 Å². The van der Waals surface area contributed by atoms with E-state index in [0.717, 1.165) is 23.4 Å². The molecule has 128 valence electrons. The first-order valence-electron chi connectivity index (χ1n) is 7.95.